The fourth-order valence-electron chi connectivity index (χ4n) is 6.96. The van der Waals surface area contributed by atoms with Gasteiger partial charge in [-0.05, 0) is 69.6 Å². The van der Waals surface area contributed by atoms with E-state index in [4.69, 9.17) is 10.5 Å². The van der Waals surface area contributed by atoms with Crippen LogP contribution in [0.5, 0.6) is 5.75 Å². The van der Waals surface area contributed by atoms with Crippen molar-refractivity contribution in [2.75, 3.05) is 13.7 Å². The number of carbonyl (C=O) groups excluding carboxylic acids is 4. The molecular formula is C29H38FN5O5. The van der Waals surface area contributed by atoms with E-state index in [2.05, 4.69) is 15.6 Å². The standard InChI is InChI=1S/C29H38FN5O5/c1-28(2)13-16(25(37)34-28)11-19(24(31)36)33-26(38)21-14-29(9-5-4-6-10-29)15-35(21)27(39)20-12-17-22(40-3)8-7-18(30)23(17)32-20/h7-8,12,16,19,21,32H,4-6,9-11,13-15H2,1-3H3,(H2,31,36)(H,33,38)(H,34,37)/t16-,19+,21?/m1/s1. The molecule has 2 saturated heterocycles. The van der Waals surface area contributed by atoms with Crippen molar-refractivity contribution in [2.24, 2.45) is 17.1 Å². The number of H-pyrrole nitrogens is 1. The first-order chi connectivity index (χ1) is 18.9. The van der Waals surface area contributed by atoms with Gasteiger partial charge in [0.25, 0.3) is 5.91 Å². The van der Waals surface area contributed by atoms with Crippen molar-refractivity contribution >= 4 is 34.5 Å². The molecule has 0 radical (unpaired) electrons. The van der Waals surface area contributed by atoms with E-state index in [9.17, 15) is 23.6 Å². The number of rotatable bonds is 7. The molecule has 11 heteroatoms. The molecule has 2 aliphatic heterocycles. The molecule has 4 amide bonds. The van der Waals surface area contributed by atoms with Crippen LogP contribution >= 0.6 is 0 Å². The van der Waals surface area contributed by atoms with Crippen molar-refractivity contribution in [1.82, 2.24) is 20.5 Å². The van der Waals surface area contributed by atoms with Gasteiger partial charge in [-0.15, -0.1) is 0 Å². The summed E-state index contributed by atoms with van der Waals surface area (Å²) < 4.78 is 19.9. The number of nitrogens with two attached hydrogens (primary N) is 1. The number of primary amides is 1. The molecule has 5 N–H and O–H groups in total. The average molecular weight is 556 g/mol. The van der Waals surface area contributed by atoms with Crippen LogP contribution in [0.15, 0.2) is 18.2 Å². The second kappa shape index (κ2) is 10.4. The second-order valence-corrected chi connectivity index (χ2v) is 12.4. The summed E-state index contributed by atoms with van der Waals surface area (Å²) in [6.07, 6.45) is 6.00. The van der Waals surface area contributed by atoms with Gasteiger partial charge in [-0.1, -0.05) is 19.3 Å². The molecule has 5 rings (SSSR count). The van der Waals surface area contributed by atoms with Crippen LogP contribution in [0, 0.1) is 17.2 Å². The number of fused-ring (bicyclic) bond motifs is 1. The monoisotopic (exact) mass is 555 g/mol. The van der Waals surface area contributed by atoms with Crippen molar-refractivity contribution in [3.05, 3.63) is 29.7 Å². The zero-order valence-corrected chi connectivity index (χ0v) is 23.3. The highest BCUT2D eigenvalue weighted by atomic mass is 19.1. The molecule has 3 heterocycles. The summed E-state index contributed by atoms with van der Waals surface area (Å²) in [7, 11) is 1.47. The summed E-state index contributed by atoms with van der Waals surface area (Å²) >= 11 is 0. The number of carbonyl (C=O) groups is 4. The van der Waals surface area contributed by atoms with Crippen molar-refractivity contribution in [1.29, 1.82) is 0 Å². The maximum atomic E-state index is 14.6. The highest BCUT2D eigenvalue weighted by Gasteiger charge is 2.50. The Balaban J connectivity index is 1.41. The van der Waals surface area contributed by atoms with Crippen molar-refractivity contribution in [3.63, 3.8) is 0 Å². The number of aromatic amines is 1. The van der Waals surface area contributed by atoms with Gasteiger partial charge in [0.1, 0.15) is 29.3 Å². The number of benzene rings is 1. The van der Waals surface area contributed by atoms with Crippen LogP contribution in [0.4, 0.5) is 4.39 Å². The van der Waals surface area contributed by atoms with Gasteiger partial charge in [0.05, 0.1) is 12.6 Å². The number of aromatic nitrogens is 1. The van der Waals surface area contributed by atoms with E-state index in [1.165, 1.54) is 19.2 Å². The van der Waals surface area contributed by atoms with Crippen LogP contribution in [-0.4, -0.2) is 64.8 Å². The second-order valence-electron chi connectivity index (χ2n) is 12.4. The minimum atomic E-state index is -1.05. The Labute approximate surface area is 232 Å². The Morgan fingerprint density at radius 1 is 1.20 bits per heavy atom. The lowest BCUT2D eigenvalue weighted by atomic mass is 9.72. The number of methoxy groups -OCH3 is 1. The normalized spacial score (nSPS) is 24.2. The van der Waals surface area contributed by atoms with Crippen LogP contribution in [0.3, 0.4) is 0 Å². The molecule has 40 heavy (non-hydrogen) atoms. The minimum Gasteiger partial charge on any atom is -0.496 e. The van der Waals surface area contributed by atoms with E-state index in [1.807, 2.05) is 13.8 Å². The summed E-state index contributed by atoms with van der Waals surface area (Å²) in [5.74, 6) is -2.36. The number of halogens is 1. The van der Waals surface area contributed by atoms with Gasteiger partial charge in [0.15, 0.2) is 0 Å². The number of hydrogen-bond acceptors (Lipinski definition) is 5. The maximum Gasteiger partial charge on any atom is 0.271 e. The van der Waals surface area contributed by atoms with E-state index in [0.717, 1.165) is 32.1 Å². The van der Waals surface area contributed by atoms with E-state index in [0.29, 0.717) is 30.5 Å². The summed E-state index contributed by atoms with van der Waals surface area (Å²) in [6.45, 7) is 4.19. The van der Waals surface area contributed by atoms with E-state index < -0.39 is 47.1 Å². The van der Waals surface area contributed by atoms with Crippen LogP contribution in [0.1, 0.15) is 75.7 Å². The number of hydrogen-bond donors (Lipinski definition) is 4. The molecule has 1 aliphatic carbocycles. The molecule has 1 aromatic carbocycles. The number of amides is 4. The summed E-state index contributed by atoms with van der Waals surface area (Å²) in [4.78, 5) is 56.9. The Morgan fingerprint density at radius 2 is 1.93 bits per heavy atom. The van der Waals surface area contributed by atoms with Gasteiger partial charge < -0.3 is 31.0 Å². The summed E-state index contributed by atoms with van der Waals surface area (Å²) in [6, 6.07) is 2.43. The highest BCUT2D eigenvalue weighted by molar-refractivity contribution is 6.02. The van der Waals surface area contributed by atoms with E-state index >= 15 is 0 Å². The number of ether oxygens (including phenoxy) is 1. The van der Waals surface area contributed by atoms with Gasteiger partial charge >= 0.3 is 0 Å². The Bertz CT molecular complexity index is 1350. The number of likely N-dealkylation sites (tertiary alicyclic amines) is 1. The summed E-state index contributed by atoms with van der Waals surface area (Å²) in [5, 5.41) is 6.11. The molecule has 1 unspecified atom stereocenters. The minimum absolute atomic E-state index is 0.0865. The van der Waals surface area contributed by atoms with Crippen molar-refractivity contribution in [3.8, 4) is 5.75 Å². The van der Waals surface area contributed by atoms with Gasteiger partial charge in [0.2, 0.25) is 17.7 Å². The molecular weight excluding hydrogens is 517 g/mol. The van der Waals surface area contributed by atoms with Crippen LogP contribution in [0.25, 0.3) is 10.9 Å². The first-order valence-corrected chi connectivity index (χ1v) is 14.0. The molecule has 2 aromatic rings. The van der Waals surface area contributed by atoms with Crippen LogP contribution in [-0.2, 0) is 14.4 Å². The zero-order chi connectivity index (χ0) is 28.8. The fourth-order valence-corrected chi connectivity index (χ4v) is 6.96. The van der Waals surface area contributed by atoms with E-state index in [1.54, 1.807) is 11.0 Å². The average Bonchev–Trinajstić information content (AvgIpc) is 3.58. The molecule has 1 saturated carbocycles. The molecule has 216 valence electrons. The first-order valence-electron chi connectivity index (χ1n) is 14.0. The molecule has 1 spiro atoms. The van der Waals surface area contributed by atoms with Crippen molar-refractivity contribution in [2.45, 2.75) is 82.8 Å². The lowest BCUT2D eigenvalue weighted by molar-refractivity contribution is -0.131. The lowest BCUT2D eigenvalue weighted by Gasteiger charge is -2.32. The Morgan fingerprint density at radius 3 is 2.55 bits per heavy atom. The number of nitrogens with one attached hydrogen (secondary N) is 3. The predicted molar refractivity (Wildman–Crippen MR) is 146 cm³/mol. The largest absolute Gasteiger partial charge is 0.496 e. The van der Waals surface area contributed by atoms with Gasteiger partial charge in [-0.25, -0.2) is 4.39 Å². The highest BCUT2D eigenvalue weighted by Crippen LogP contribution is 2.47. The quantitative estimate of drug-likeness (QED) is 0.415. The van der Waals surface area contributed by atoms with Crippen LogP contribution in [0.2, 0.25) is 0 Å². The molecule has 10 nitrogen and oxygen atoms in total. The topological polar surface area (TPSA) is 147 Å². The molecule has 3 atom stereocenters. The van der Waals surface area contributed by atoms with Crippen LogP contribution < -0.4 is 21.1 Å². The Kier molecular flexibility index (Phi) is 7.26. The first kappa shape index (κ1) is 27.9. The zero-order valence-electron chi connectivity index (χ0n) is 23.3. The number of nitrogens with zero attached hydrogens (tertiary/aromatic N) is 1. The Hall–Kier alpha value is -3.63. The molecule has 0 bridgehead atoms. The third-order valence-electron chi connectivity index (χ3n) is 8.91. The molecule has 3 aliphatic rings. The van der Waals surface area contributed by atoms with Gasteiger partial charge in [-0.2, -0.15) is 0 Å². The summed E-state index contributed by atoms with van der Waals surface area (Å²) in [5.41, 5.74) is 5.36. The SMILES string of the molecule is COc1ccc(F)c2[nH]c(C(=O)N3CC4(CCCCC4)CC3C(=O)N[C@@H](C[C@@H]3CC(C)(C)NC3=O)C(N)=O)cc12. The van der Waals surface area contributed by atoms with E-state index in [-0.39, 0.29) is 29.0 Å². The smallest absolute Gasteiger partial charge is 0.271 e. The van der Waals surface area contributed by atoms with Crippen molar-refractivity contribution < 1.29 is 28.3 Å². The predicted octanol–water partition coefficient (Wildman–Crippen LogP) is 2.76. The maximum absolute atomic E-state index is 14.6. The molecule has 3 fully saturated rings. The lowest BCUT2D eigenvalue weighted by Crippen LogP contribution is -2.53. The molecule has 1 aromatic heterocycles. The fraction of sp³-hybridized carbons (Fsp3) is 0.586. The van der Waals surface area contributed by atoms with Gasteiger partial charge in [-0.3, -0.25) is 19.2 Å². The third kappa shape index (κ3) is 5.25. The van der Waals surface area contributed by atoms with Gasteiger partial charge in [0, 0.05) is 23.4 Å². The third-order valence-corrected chi connectivity index (χ3v) is 8.91.